The molecule has 19 heavy (non-hydrogen) atoms. The molecule has 1 saturated carbocycles. The number of nitrogens with two attached hydrogens (primary N) is 1. The van der Waals surface area contributed by atoms with Crippen LogP contribution in [0.4, 0.5) is 0 Å². The molecule has 0 aromatic carbocycles. The van der Waals surface area contributed by atoms with E-state index in [2.05, 4.69) is 23.8 Å². The minimum absolute atomic E-state index is 0.430. The van der Waals surface area contributed by atoms with Gasteiger partial charge in [0.05, 0.1) is 6.20 Å². The molecule has 0 atom stereocenters. The Kier molecular flexibility index (Phi) is 4.99. The zero-order chi connectivity index (χ0) is 13.8. The van der Waals surface area contributed by atoms with E-state index in [1.54, 1.807) is 0 Å². The zero-order valence-corrected chi connectivity index (χ0v) is 12.6. The molecular weight excluding hydrogens is 236 g/mol. The van der Waals surface area contributed by atoms with E-state index in [0.29, 0.717) is 12.1 Å². The highest BCUT2D eigenvalue weighted by molar-refractivity contribution is 5.15. The normalized spacial score (nSPS) is 24.1. The number of aromatic nitrogens is 2. The van der Waals surface area contributed by atoms with Crippen LogP contribution in [0.1, 0.15) is 50.3 Å². The highest BCUT2D eigenvalue weighted by atomic mass is 15.3. The molecule has 0 amide bonds. The molecule has 108 valence electrons. The maximum atomic E-state index is 6.02. The highest BCUT2D eigenvalue weighted by Crippen LogP contribution is 2.24. The monoisotopic (exact) mass is 264 g/mol. The standard InChI is InChI=1S/C15H28N4/c1-4-9-19(15-7-5-14(16)6-8-15)11-13-10-17-18(3)12(13)2/h10,14-15H,4-9,11,16H2,1-3H3. The van der Waals surface area contributed by atoms with Gasteiger partial charge in [0, 0.05) is 36.9 Å². The first kappa shape index (κ1) is 14.5. The van der Waals surface area contributed by atoms with Crippen LogP contribution in [0.25, 0.3) is 0 Å². The van der Waals surface area contributed by atoms with Gasteiger partial charge in [0.1, 0.15) is 0 Å². The Morgan fingerprint density at radius 2 is 2.05 bits per heavy atom. The van der Waals surface area contributed by atoms with E-state index in [4.69, 9.17) is 5.73 Å². The van der Waals surface area contributed by atoms with Crippen LogP contribution in [-0.4, -0.2) is 33.3 Å². The molecule has 4 nitrogen and oxygen atoms in total. The lowest BCUT2D eigenvalue weighted by Crippen LogP contribution is -2.40. The van der Waals surface area contributed by atoms with Crippen LogP contribution < -0.4 is 5.73 Å². The number of aryl methyl sites for hydroxylation is 1. The number of nitrogens with zero attached hydrogens (tertiary/aromatic N) is 3. The molecule has 1 aromatic heterocycles. The molecule has 1 heterocycles. The summed E-state index contributed by atoms with van der Waals surface area (Å²) in [5, 5.41) is 4.36. The SMILES string of the molecule is CCCN(Cc1cnn(C)c1C)C1CCC(N)CC1. The van der Waals surface area contributed by atoms with E-state index in [0.717, 1.165) is 6.54 Å². The van der Waals surface area contributed by atoms with Gasteiger partial charge in [-0.25, -0.2) is 0 Å². The third-order valence-corrected chi connectivity index (χ3v) is 4.48. The van der Waals surface area contributed by atoms with E-state index in [9.17, 15) is 0 Å². The molecule has 0 bridgehead atoms. The molecule has 0 spiro atoms. The smallest absolute Gasteiger partial charge is 0.0537 e. The average Bonchev–Trinajstić information content (AvgIpc) is 2.71. The summed E-state index contributed by atoms with van der Waals surface area (Å²) in [4.78, 5) is 2.63. The van der Waals surface area contributed by atoms with Crippen LogP contribution >= 0.6 is 0 Å². The molecule has 0 radical (unpaired) electrons. The number of rotatable bonds is 5. The summed E-state index contributed by atoms with van der Waals surface area (Å²) in [6.45, 7) is 6.63. The third kappa shape index (κ3) is 3.57. The Morgan fingerprint density at radius 1 is 1.37 bits per heavy atom. The quantitative estimate of drug-likeness (QED) is 0.887. The number of hydrogen-bond donors (Lipinski definition) is 1. The van der Waals surface area contributed by atoms with Crippen molar-refractivity contribution in [2.45, 2.75) is 64.6 Å². The first-order valence-corrected chi connectivity index (χ1v) is 7.59. The molecule has 1 aliphatic rings. The minimum Gasteiger partial charge on any atom is -0.328 e. The van der Waals surface area contributed by atoms with Gasteiger partial charge in [0.25, 0.3) is 0 Å². The van der Waals surface area contributed by atoms with Gasteiger partial charge >= 0.3 is 0 Å². The first-order chi connectivity index (χ1) is 9.11. The summed E-state index contributed by atoms with van der Waals surface area (Å²) in [7, 11) is 2.02. The van der Waals surface area contributed by atoms with Gasteiger partial charge in [0.2, 0.25) is 0 Å². The minimum atomic E-state index is 0.430. The van der Waals surface area contributed by atoms with Crippen molar-refractivity contribution in [1.29, 1.82) is 0 Å². The largest absolute Gasteiger partial charge is 0.328 e. The second-order valence-electron chi connectivity index (χ2n) is 5.92. The molecule has 2 rings (SSSR count). The summed E-state index contributed by atoms with van der Waals surface area (Å²) >= 11 is 0. The lowest BCUT2D eigenvalue weighted by Gasteiger charge is -2.36. The average molecular weight is 264 g/mol. The van der Waals surface area contributed by atoms with E-state index < -0.39 is 0 Å². The van der Waals surface area contributed by atoms with Crippen molar-refractivity contribution in [3.05, 3.63) is 17.5 Å². The van der Waals surface area contributed by atoms with Crippen LogP contribution in [0.3, 0.4) is 0 Å². The van der Waals surface area contributed by atoms with Gasteiger partial charge in [-0.15, -0.1) is 0 Å². The molecule has 1 aromatic rings. The van der Waals surface area contributed by atoms with E-state index in [1.807, 2.05) is 17.9 Å². The first-order valence-electron chi connectivity index (χ1n) is 7.59. The van der Waals surface area contributed by atoms with Gasteiger partial charge in [-0.1, -0.05) is 6.92 Å². The topological polar surface area (TPSA) is 47.1 Å². The fraction of sp³-hybridized carbons (Fsp3) is 0.800. The maximum Gasteiger partial charge on any atom is 0.0537 e. The summed E-state index contributed by atoms with van der Waals surface area (Å²) in [6.07, 6.45) is 8.09. The van der Waals surface area contributed by atoms with Crippen molar-refractivity contribution >= 4 is 0 Å². The lowest BCUT2D eigenvalue weighted by molar-refractivity contribution is 0.142. The molecule has 0 unspecified atom stereocenters. The third-order valence-electron chi connectivity index (χ3n) is 4.48. The van der Waals surface area contributed by atoms with E-state index in [-0.39, 0.29) is 0 Å². The Balaban J connectivity index is 2.01. The van der Waals surface area contributed by atoms with Gasteiger partial charge in [-0.05, 0) is 45.6 Å². The zero-order valence-electron chi connectivity index (χ0n) is 12.6. The van der Waals surface area contributed by atoms with Gasteiger partial charge in [0.15, 0.2) is 0 Å². The Morgan fingerprint density at radius 3 is 2.58 bits per heavy atom. The summed E-state index contributed by atoms with van der Waals surface area (Å²) in [6, 6.07) is 1.14. The fourth-order valence-electron chi connectivity index (χ4n) is 3.06. The fourth-order valence-corrected chi connectivity index (χ4v) is 3.06. The lowest BCUT2D eigenvalue weighted by atomic mass is 9.90. The maximum absolute atomic E-state index is 6.02. The van der Waals surface area contributed by atoms with E-state index >= 15 is 0 Å². The molecule has 1 aliphatic carbocycles. The van der Waals surface area contributed by atoms with E-state index in [1.165, 1.54) is 49.9 Å². The molecule has 0 aliphatic heterocycles. The van der Waals surface area contributed by atoms with Crippen molar-refractivity contribution in [1.82, 2.24) is 14.7 Å². The van der Waals surface area contributed by atoms with Gasteiger partial charge in [-0.2, -0.15) is 5.10 Å². The van der Waals surface area contributed by atoms with Crippen LogP contribution in [0, 0.1) is 6.92 Å². The van der Waals surface area contributed by atoms with Crippen LogP contribution in [-0.2, 0) is 13.6 Å². The summed E-state index contributed by atoms with van der Waals surface area (Å²) in [5.74, 6) is 0. The molecule has 1 fully saturated rings. The van der Waals surface area contributed by atoms with Crippen LogP contribution in [0.5, 0.6) is 0 Å². The summed E-state index contributed by atoms with van der Waals surface area (Å²) < 4.78 is 1.97. The molecular formula is C15H28N4. The van der Waals surface area contributed by atoms with Gasteiger partial charge < -0.3 is 5.73 Å². The van der Waals surface area contributed by atoms with Crippen molar-refractivity contribution in [2.75, 3.05) is 6.54 Å². The predicted octanol–water partition coefficient (Wildman–Crippen LogP) is 2.21. The van der Waals surface area contributed by atoms with Crippen LogP contribution in [0.15, 0.2) is 6.20 Å². The van der Waals surface area contributed by atoms with Crippen molar-refractivity contribution in [3.8, 4) is 0 Å². The van der Waals surface area contributed by atoms with Crippen LogP contribution in [0.2, 0.25) is 0 Å². The Labute approximate surface area is 117 Å². The predicted molar refractivity (Wildman–Crippen MR) is 78.9 cm³/mol. The number of hydrogen-bond acceptors (Lipinski definition) is 3. The van der Waals surface area contributed by atoms with Gasteiger partial charge in [-0.3, -0.25) is 9.58 Å². The van der Waals surface area contributed by atoms with Crippen molar-refractivity contribution < 1.29 is 0 Å². The van der Waals surface area contributed by atoms with Crippen molar-refractivity contribution in [3.63, 3.8) is 0 Å². The molecule has 2 N–H and O–H groups in total. The van der Waals surface area contributed by atoms with Crippen molar-refractivity contribution in [2.24, 2.45) is 12.8 Å². The highest BCUT2D eigenvalue weighted by Gasteiger charge is 2.24. The molecule has 0 saturated heterocycles. The Hall–Kier alpha value is -0.870. The summed E-state index contributed by atoms with van der Waals surface area (Å²) in [5.41, 5.74) is 8.67. The molecule has 4 heteroatoms. The Bertz CT molecular complexity index is 391. The second kappa shape index (κ2) is 6.53. The second-order valence-corrected chi connectivity index (χ2v) is 5.92.